The van der Waals surface area contributed by atoms with Crippen LogP contribution in [-0.4, -0.2) is 41.5 Å². The van der Waals surface area contributed by atoms with Crippen molar-refractivity contribution in [2.45, 2.75) is 51.2 Å². The van der Waals surface area contributed by atoms with Gasteiger partial charge in [0.15, 0.2) is 0 Å². The zero-order valence-electron chi connectivity index (χ0n) is 20.1. The van der Waals surface area contributed by atoms with Crippen LogP contribution in [0.4, 0.5) is 0 Å². The van der Waals surface area contributed by atoms with Crippen LogP contribution in [0.2, 0.25) is 0 Å². The van der Waals surface area contributed by atoms with Gasteiger partial charge in [-0.15, -0.1) is 0 Å². The fraction of sp³-hybridized carbons (Fsp3) is 0.357. The minimum atomic E-state index is 0.0143. The SMILES string of the molecule is CCN(C(=O)c1cc2c(OC)cccc2[nH]1)[C@H]1CCC[C@@H](NCc2oc3ccccc3c2C#N)C1. The number of hydrogen-bond donors (Lipinski definition) is 2. The number of furan rings is 1. The van der Waals surface area contributed by atoms with Gasteiger partial charge in [-0.2, -0.15) is 5.26 Å². The van der Waals surface area contributed by atoms with Crippen molar-refractivity contribution in [1.29, 1.82) is 5.26 Å². The normalized spacial score (nSPS) is 18.0. The lowest BCUT2D eigenvalue weighted by Crippen LogP contribution is -2.46. The Morgan fingerprint density at radius 3 is 2.89 bits per heavy atom. The van der Waals surface area contributed by atoms with Crippen molar-refractivity contribution < 1.29 is 13.9 Å². The highest BCUT2D eigenvalue weighted by molar-refractivity contribution is 5.99. The molecule has 0 spiro atoms. The first-order chi connectivity index (χ1) is 17.1. The van der Waals surface area contributed by atoms with Crippen molar-refractivity contribution in [3.63, 3.8) is 0 Å². The molecule has 0 aliphatic heterocycles. The largest absolute Gasteiger partial charge is 0.496 e. The van der Waals surface area contributed by atoms with Crippen LogP contribution in [-0.2, 0) is 6.54 Å². The van der Waals surface area contributed by atoms with Crippen molar-refractivity contribution in [2.75, 3.05) is 13.7 Å². The molecule has 5 rings (SSSR count). The second kappa shape index (κ2) is 9.85. The van der Waals surface area contributed by atoms with E-state index in [0.717, 1.165) is 53.3 Å². The third-order valence-electron chi connectivity index (χ3n) is 7.09. The number of carbonyl (C=O) groups is 1. The Bertz CT molecular complexity index is 1400. The quantitative estimate of drug-likeness (QED) is 0.379. The maximum absolute atomic E-state index is 13.5. The van der Waals surface area contributed by atoms with Crippen molar-refractivity contribution in [3.8, 4) is 11.8 Å². The molecule has 0 unspecified atom stereocenters. The summed E-state index contributed by atoms with van der Waals surface area (Å²) < 4.78 is 11.4. The van der Waals surface area contributed by atoms with E-state index in [4.69, 9.17) is 9.15 Å². The molecule has 1 amide bonds. The van der Waals surface area contributed by atoms with Crippen LogP contribution in [0.15, 0.2) is 52.9 Å². The molecule has 0 bridgehead atoms. The zero-order chi connectivity index (χ0) is 24.4. The number of nitrogens with one attached hydrogen (secondary N) is 2. The molecule has 1 aliphatic rings. The number of methoxy groups -OCH3 is 1. The third-order valence-corrected chi connectivity index (χ3v) is 7.09. The van der Waals surface area contributed by atoms with E-state index in [1.54, 1.807) is 7.11 Å². The number of nitrogens with zero attached hydrogens (tertiary/aromatic N) is 2. The summed E-state index contributed by atoms with van der Waals surface area (Å²) in [6, 6.07) is 18.0. The fourth-order valence-corrected chi connectivity index (χ4v) is 5.36. The minimum absolute atomic E-state index is 0.0143. The maximum Gasteiger partial charge on any atom is 0.270 e. The van der Waals surface area contributed by atoms with Gasteiger partial charge < -0.3 is 24.4 Å². The van der Waals surface area contributed by atoms with Crippen LogP contribution in [0.3, 0.4) is 0 Å². The van der Waals surface area contributed by atoms with E-state index in [0.29, 0.717) is 30.1 Å². The molecule has 180 valence electrons. The number of ether oxygens (including phenoxy) is 1. The average molecular weight is 471 g/mol. The standard InChI is InChI=1S/C28H30N4O3/c1-3-32(28(33)24-15-21-23(31-24)11-7-13-25(21)34-2)19-9-6-8-18(14-19)30-17-27-22(16-29)20-10-4-5-12-26(20)35-27/h4-5,7,10-13,15,18-19,30-31H,3,6,8-9,14,17H2,1-2H3/t18-,19+/m1/s1. The fourth-order valence-electron chi connectivity index (χ4n) is 5.36. The van der Waals surface area contributed by atoms with Crippen LogP contribution in [0, 0.1) is 11.3 Å². The first kappa shape index (κ1) is 23.0. The predicted octanol–water partition coefficient (Wildman–Crippen LogP) is 5.36. The minimum Gasteiger partial charge on any atom is -0.496 e. The van der Waals surface area contributed by atoms with E-state index < -0.39 is 0 Å². The number of aromatic amines is 1. The Kier molecular flexibility index (Phi) is 6.47. The van der Waals surface area contributed by atoms with Crippen molar-refractivity contribution >= 4 is 27.8 Å². The highest BCUT2D eigenvalue weighted by Crippen LogP contribution is 2.30. The van der Waals surface area contributed by atoms with Gasteiger partial charge in [-0.1, -0.05) is 18.2 Å². The van der Waals surface area contributed by atoms with E-state index in [2.05, 4.69) is 16.4 Å². The molecule has 7 nitrogen and oxygen atoms in total. The second-order valence-corrected chi connectivity index (χ2v) is 9.10. The summed E-state index contributed by atoms with van der Waals surface area (Å²) in [6.07, 6.45) is 3.92. The monoisotopic (exact) mass is 470 g/mol. The van der Waals surface area contributed by atoms with E-state index >= 15 is 0 Å². The number of carbonyl (C=O) groups excluding carboxylic acids is 1. The highest BCUT2D eigenvalue weighted by Gasteiger charge is 2.30. The molecule has 1 fully saturated rings. The van der Waals surface area contributed by atoms with Crippen LogP contribution >= 0.6 is 0 Å². The van der Waals surface area contributed by atoms with Crippen molar-refractivity contribution in [2.24, 2.45) is 0 Å². The van der Waals surface area contributed by atoms with Crippen LogP contribution < -0.4 is 10.1 Å². The van der Waals surface area contributed by atoms with Crippen molar-refractivity contribution in [3.05, 3.63) is 65.5 Å². The zero-order valence-corrected chi connectivity index (χ0v) is 20.1. The Hall–Kier alpha value is -3.76. The molecule has 0 radical (unpaired) electrons. The van der Waals surface area contributed by atoms with Crippen LogP contribution in [0.1, 0.15) is 54.4 Å². The smallest absolute Gasteiger partial charge is 0.270 e. The number of hydrogen-bond acceptors (Lipinski definition) is 5. The number of fused-ring (bicyclic) bond motifs is 2. The topological polar surface area (TPSA) is 94.3 Å². The van der Waals surface area contributed by atoms with Crippen molar-refractivity contribution in [1.82, 2.24) is 15.2 Å². The van der Waals surface area contributed by atoms with E-state index in [1.807, 2.05) is 60.4 Å². The molecule has 2 aromatic carbocycles. The van der Waals surface area contributed by atoms with Gasteiger partial charge in [-0.25, -0.2) is 0 Å². The Balaban J connectivity index is 1.29. The van der Waals surface area contributed by atoms with Gasteiger partial charge in [0.05, 0.1) is 13.7 Å². The van der Waals surface area contributed by atoms with Gasteiger partial charge in [-0.3, -0.25) is 4.79 Å². The average Bonchev–Trinajstić information content (AvgIpc) is 3.49. The highest BCUT2D eigenvalue weighted by atomic mass is 16.5. The number of nitriles is 1. The molecule has 2 aromatic heterocycles. The summed E-state index contributed by atoms with van der Waals surface area (Å²) >= 11 is 0. The first-order valence-electron chi connectivity index (χ1n) is 12.2. The maximum atomic E-state index is 13.5. The molecule has 2 atom stereocenters. The Morgan fingerprint density at radius 1 is 1.23 bits per heavy atom. The molecule has 4 aromatic rings. The number of para-hydroxylation sites is 1. The summed E-state index contributed by atoms with van der Waals surface area (Å²) in [5.74, 6) is 1.44. The number of aromatic nitrogens is 1. The lowest BCUT2D eigenvalue weighted by Gasteiger charge is -2.37. The lowest BCUT2D eigenvalue weighted by molar-refractivity contribution is 0.0622. The van der Waals surface area contributed by atoms with Gasteiger partial charge in [0.25, 0.3) is 5.91 Å². The molecular weight excluding hydrogens is 440 g/mol. The van der Waals surface area contributed by atoms with Crippen LogP contribution in [0.25, 0.3) is 21.9 Å². The van der Waals surface area contributed by atoms with E-state index in [1.165, 1.54) is 0 Å². The van der Waals surface area contributed by atoms with Gasteiger partial charge in [0, 0.05) is 34.9 Å². The third kappa shape index (κ3) is 4.38. The second-order valence-electron chi connectivity index (χ2n) is 9.10. The van der Waals surface area contributed by atoms with Crippen LogP contribution in [0.5, 0.6) is 5.75 Å². The molecule has 1 aliphatic carbocycles. The number of rotatable bonds is 7. The molecule has 2 heterocycles. The Labute approximate surface area is 204 Å². The molecule has 1 saturated carbocycles. The summed E-state index contributed by atoms with van der Waals surface area (Å²) in [5, 5.41) is 15.0. The summed E-state index contributed by atoms with van der Waals surface area (Å²) in [6.45, 7) is 3.17. The lowest BCUT2D eigenvalue weighted by atomic mass is 9.89. The van der Waals surface area contributed by atoms with E-state index in [-0.39, 0.29) is 18.0 Å². The summed E-state index contributed by atoms with van der Waals surface area (Å²) in [5.41, 5.74) is 2.81. The summed E-state index contributed by atoms with van der Waals surface area (Å²) in [4.78, 5) is 18.8. The van der Waals surface area contributed by atoms with Gasteiger partial charge in [0.2, 0.25) is 0 Å². The number of amides is 1. The molecular formula is C28H30N4O3. The summed E-state index contributed by atoms with van der Waals surface area (Å²) in [7, 11) is 1.64. The number of H-pyrrole nitrogens is 1. The van der Waals surface area contributed by atoms with Gasteiger partial charge in [-0.05, 0) is 62.9 Å². The van der Waals surface area contributed by atoms with Gasteiger partial charge >= 0.3 is 0 Å². The molecule has 0 saturated heterocycles. The molecule has 35 heavy (non-hydrogen) atoms. The number of benzene rings is 2. The molecule has 7 heteroatoms. The first-order valence-corrected chi connectivity index (χ1v) is 12.2. The molecule has 2 N–H and O–H groups in total. The van der Waals surface area contributed by atoms with E-state index in [9.17, 15) is 10.1 Å². The van der Waals surface area contributed by atoms with Gasteiger partial charge in [0.1, 0.15) is 34.4 Å². The Morgan fingerprint density at radius 2 is 2.09 bits per heavy atom. The predicted molar refractivity (Wildman–Crippen MR) is 135 cm³/mol.